The molecule has 0 heterocycles. The zero-order chi connectivity index (χ0) is 9.84. The first-order valence-corrected chi connectivity index (χ1v) is 4.71. The lowest BCUT2D eigenvalue weighted by atomic mass is 10.00. The third-order valence-corrected chi connectivity index (χ3v) is 2.35. The van der Waals surface area contributed by atoms with E-state index in [9.17, 15) is 0 Å². The number of hydrogen-bond acceptors (Lipinski definition) is 2. The van der Waals surface area contributed by atoms with E-state index in [1.807, 2.05) is 13.0 Å². The van der Waals surface area contributed by atoms with E-state index in [0.717, 1.165) is 17.5 Å². The van der Waals surface area contributed by atoms with Crippen molar-refractivity contribution in [3.05, 3.63) is 34.3 Å². The minimum absolute atomic E-state index is 0.0103. The maximum absolute atomic E-state index is 9.07. The number of hydrogen-bond donors (Lipinski definition) is 2. The Kier molecular flexibility index (Phi) is 3.72. The van der Waals surface area contributed by atoms with Crippen molar-refractivity contribution in [3.63, 3.8) is 0 Å². The Hall–Kier alpha value is -0.570. The number of aliphatic hydroxyl groups is 1. The van der Waals surface area contributed by atoms with Crippen molar-refractivity contribution >= 4 is 11.6 Å². The molecule has 0 aliphatic rings. The molecular weight excluding hydrogens is 186 g/mol. The van der Waals surface area contributed by atoms with E-state index in [4.69, 9.17) is 22.4 Å². The highest BCUT2D eigenvalue weighted by Gasteiger charge is 2.08. The van der Waals surface area contributed by atoms with Gasteiger partial charge in [0, 0.05) is 11.1 Å². The predicted molar refractivity (Wildman–Crippen MR) is 54.6 cm³/mol. The molecule has 0 aromatic heterocycles. The molecule has 0 spiro atoms. The topological polar surface area (TPSA) is 46.2 Å². The van der Waals surface area contributed by atoms with Gasteiger partial charge in [0.25, 0.3) is 0 Å². The Morgan fingerprint density at radius 1 is 1.54 bits per heavy atom. The molecule has 1 aromatic carbocycles. The molecule has 0 saturated carbocycles. The normalized spacial score (nSPS) is 12.9. The average Bonchev–Trinajstić information content (AvgIpc) is 2.16. The molecule has 0 amide bonds. The van der Waals surface area contributed by atoms with Gasteiger partial charge in [0.2, 0.25) is 0 Å². The summed E-state index contributed by atoms with van der Waals surface area (Å²) < 4.78 is 0. The Balaban J connectivity index is 3.05. The smallest absolute Gasteiger partial charge is 0.0685 e. The summed E-state index contributed by atoms with van der Waals surface area (Å²) in [6.45, 7) is 2.00. The van der Waals surface area contributed by atoms with Crippen LogP contribution in [0.2, 0.25) is 5.02 Å². The first kappa shape index (κ1) is 10.5. The quantitative estimate of drug-likeness (QED) is 0.785. The third kappa shape index (κ3) is 2.44. The van der Waals surface area contributed by atoms with E-state index in [-0.39, 0.29) is 12.6 Å². The first-order valence-electron chi connectivity index (χ1n) is 4.33. The first-order chi connectivity index (χ1) is 6.19. The molecule has 2 nitrogen and oxygen atoms in total. The highest BCUT2D eigenvalue weighted by molar-refractivity contribution is 6.30. The molecule has 72 valence electrons. The summed E-state index contributed by atoms with van der Waals surface area (Å²) in [5.41, 5.74) is 7.67. The second-order valence-electron chi connectivity index (χ2n) is 3.02. The van der Waals surface area contributed by atoms with Crippen LogP contribution in [0.25, 0.3) is 0 Å². The monoisotopic (exact) mass is 199 g/mol. The third-order valence-electron chi connectivity index (χ3n) is 2.11. The van der Waals surface area contributed by atoms with Gasteiger partial charge in [-0.2, -0.15) is 0 Å². The fraction of sp³-hybridized carbons (Fsp3) is 0.400. The molecule has 1 atom stereocenters. The van der Waals surface area contributed by atoms with Crippen molar-refractivity contribution in [2.24, 2.45) is 5.73 Å². The lowest BCUT2D eigenvalue weighted by Gasteiger charge is -2.13. The molecular formula is C10H14ClNO. The van der Waals surface area contributed by atoms with Crippen molar-refractivity contribution in [2.75, 3.05) is 0 Å². The average molecular weight is 200 g/mol. The van der Waals surface area contributed by atoms with Crippen LogP contribution >= 0.6 is 11.6 Å². The Morgan fingerprint density at radius 2 is 2.23 bits per heavy atom. The van der Waals surface area contributed by atoms with Crippen LogP contribution in [0.15, 0.2) is 18.2 Å². The summed E-state index contributed by atoms with van der Waals surface area (Å²) in [6, 6.07) is 5.42. The van der Waals surface area contributed by atoms with Crippen LogP contribution in [0.5, 0.6) is 0 Å². The molecule has 13 heavy (non-hydrogen) atoms. The summed E-state index contributed by atoms with van der Waals surface area (Å²) in [6.07, 6.45) is 0.856. The molecule has 0 saturated heterocycles. The summed E-state index contributed by atoms with van der Waals surface area (Å²) in [5.74, 6) is 0. The van der Waals surface area contributed by atoms with E-state index in [0.29, 0.717) is 5.02 Å². The van der Waals surface area contributed by atoms with Crippen molar-refractivity contribution in [1.29, 1.82) is 0 Å². The van der Waals surface area contributed by atoms with Gasteiger partial charge in [0.1, 0.15) is 0 Å². The molecule has 0 fully saturated rings. The fourth-order valence-electron chi connectivity index (χ4n) is 1.29. The zero-order valence-corrected chi connectivity index (χ0v) is 8.38. The number of halogens is 1. The van der Waals surface area contributed by atoms with Crippen LogP contribution in [0.1, 0.15) is 30.5 Å². The second-order valence-corrected chi connectivity index (χ2v) is 3.45. The highest BCUT2D eigenvalue weighted by atomic mass is 35.5. The molecule has 3 heteroatoms. The zero-order valence-electron chi connectivity index (χ0n) is 7.63. The van der Waals surface area contributed by atoms with Crippen LogP contribution < -0.4 is 5.73 Å². The second kappa shape index (κ2) is 4.61. The Morgan fingerprint density at radius 3 is 2.77 bits per heavy atom. The van der Waals surface area contributed by atoms with E-state index in [1.165, 1.54) is 0 Å². The van der Waals surface area contributed by atoms with Crippen LogP contribution in [0.4, 0.5) is 0 Å². The van der Waals surface area contributed by atoms with Gasteiger partial charge in [-0.05, 0) is 29.7 Å². The maximum Gasteiger partial charge on any atom is 0.0685 e. The maximum atomic E-state index is 9.07. The number of rotatable bonds is 3. The molecule has 0 bridgehead atoms. The van der Waals surface area contributed by atoms with Gasteiger partial charge in [0.15, 0.2) is 0 Å². The SMILES string of the molecule is CC[C@@H](N)c1ccc(Cl)cc1CO. The van der Waals surface area contributed by atoms with Gasteiger partial charge in [-0.3, -0.25) is 0 Å². The van der Waals surface area contributed by atoms with Crippen LogP contribution in [-0.4, -0.2) is 5.11 Å². The van der Waals surface area contributed by atoms with Crippen LogP contribution in [0, 0.1) is 0 Å². The summed E-state index contributed by atoms with van der Waals surface area (Å²) in [7, 11) is 0. The van der Waals surface area contributed by atoms with E-state index in [1.54, 1.807) is 12.1 Å². The van der Waals surface area contributed by atoms with Gasteiger partial charge in [0.05, 0.1) is 6.61 Å². The Labute approximate surface area is 83.3 Å². The Bertz CT molecular complexity index is 288. The van der Waals surface area contributed by atoms with Gasteiger partial charge < -0.3 is 10.8 Å². The van der Waals surface area contributed by atoms with Gasteiger partial charge in [-0.15, -0.1) is 0 Å². The molecule has 0 aliphatic carbocycles. The standard InChI is InChI=1S/C10H14ClNO/c1-2-10(12)9-4-3-8(11)5-7(9)6-13/h3-5,10,13H,2,6,12H2,1H3/t10-/m1/s1. The summed E-state index contributed by atoms with van der Waals surface area (Å²) in [5, 5.41) is 9.71. The molecule has 0 unspecified atom stereocenters. The van der Waals surface area contributed by atoms with Crippen LogP contribution in [-0.2, 0) is 6.61 Å². The molecule has 0 aliphatic heterocycles. The fourth-order valence-corrected chi connectivity index (χ4v) is 1.49. The number of benzene rings is 1. The van der Waals surface area contributed by atoms with Crippen molar-refractivity contribution in [3.8, 4) is 0 Å². The minimum Gasteiger partial charge on any atom is -0.392 e. The summed E-state index contributed by atoms with van der Waals surface area (Å²) in [4.78, 5) is 0. The van der Waals surface area contributed by atoms with Crippen molar-refractivity contribution in [1.82, 2.24) is 0 Å². The van der Waals surface area contributed by atoms with E-state index >= 15 is 0 Å². The van der Waals surface area contributed by atoms with Crippen molar-refractivity contribution in [2.45, 2.75) is 26.0 Å². The van der Waals surface area contributed by atoms with Gasteiger partial charge in [-0.1, -0.05) is 24.6 Å². The minimum atomic E-state index is -0.0144. The largest absolute Gasteiger partial charge is 0.392 e. The van der Waals surface area contributed by atoms with Gasteiger partial charge >= 0.3 is 0 Å². The lowest BCUT2D eigenvalue weighted by Crippen LogP contribution is -2.11. The summed E-state index contributed by atoms with van der Waals surface area (Å²) >= 11 is 5.79. The predicted octanol–water partition coefficient (Wildman–Crippen LogP) is 2.24. The van der Waals surface area contributed by atoms with Gasteiger partial charge in [-0.25, -0.2) is 0 Å². The van der Waals surface area contributed by atoms with E-state index in [2.05, 4.69) is 0 Å². The van der Waals surface area contributed by atoms with Crippen LogP contribution in [0.3, 0.4) is 0 Å². The molecule has 1 rings (SSSR count). The lowest BCUT2D eigenvalue weighted by molar-refractivity contribution is 0.280. The van der Waals surface area contributed by atoms with E-state index < -0.39 is 0 Å². The number of nitrogens with two attached hydrogens (primary N) is 1. The molecule has 3 N–H and O–H groups in total. The molecule has 0 radical (unpaired) electrons. The highest BCUT2D eigenvalue weighted by Crippen LogP contribution is 2.22. The molecule has 1 aromatic rings. The number of aliphatic hydroxyl groups excluding tert-OH is 1. The van der Waals surface area contributed by atoms with Crippen molar-refractivity contribution < 1.29 is 5.11 Å².